The largest absolute Gasteiger partial charge is 0.494 e. The number of rotatable bonds is 17. The fourth-order valence-electron chi connectivity index (χ4n) is 6.35. The van der Waals surface area contributed by atoms with Crippen LogP contribution in [-0.4, -0.2) is 55.7 Å². The number of ether oxygens (including phenoxy) is 1. The number of carboxylic acids is 1. The normalized spacial score (nSPS) is 12.5. The van der Waals surface area contributed by atoms with Gasteiger partial charge in [0.2, 0.25) is 5.91 Å². The Hall–Kier alpha value is -5.84. The third-order valence-electron chi connectivity index (χ3n) is 9.65. The van der Waals surface area contributed by atoms with Crippen LogP contribution in [0.5, 0.6) is 5.75 Å². The maximum atomic E-state index is 13.8. The van der Waals surface area contributed by atoms with Crippen LogP contribution in [0.15, 0.2) is 85.2 Å². The van der Waals surface area contributed by atoms with Crippen molar-refractivity contribution in [3.63, 3.8) is 0 Å². The summed E-state index contributed by atoms with van der Waals surface area (Å²) in [4.78, 5) is 48.9. The van der Waals surface area contributed by atoms with Gasteiger partial charge in [-0.15, -0.1) is 0 Å². The number of hydrogen-bond donors (Lipinski definition) is 4. The molecule has 11 nitrogen and oxygen atoms in total. The molecule has 0 aliphatic carbocycles. The van der Waals surface area contributed by atoms with Crippen molar-refractivity contribution < 1.29 is 24.2 Å². The van der Waals surface area contributed by atoms with Crippen molar-refractivity contribution in [2.24, 2.45) is 0 Å². The van der Waals surface area contributed by atoms with Crippen LogP contribution in [0.2, 0.25) is 0 Å². The summed E-state index contributed by atoms with van der Waals surface area (Å²) in [6.07, 6.45) is 9.65. The van der Waals surface area contributed by atoms with E-state index >= 15 is 0 Å². The van der Waals surface area contributed by atoms with Crippen LogP contribution in [0.1, 0.15) is 104 Å². The molecule has 288 valence electrons. The number of aromatic amines is 1. The smallest absolute Gasteiger partial charge is 0.331 e. The molecule has 2 aromatic heterocycles. The molecule has 0 aliphatic rings. The Bertz CT molecular complexity index is 2010. The number of aromatic nitrogens is 4. The lowest BCUT2D eigenvalue weighted by molar-refractivity contribution is -0.142. The molecule has 3 aromatic carbocycles. The molecule has 55 heavy (non-hydrogen) atoms. The molecule has 2 amide bonds. The number of unbranched alkanes of at least 4 members (excludes halogenated alkanes) is 4. The van der Waals surface area contributed by atoms with Crippen molar-refractivity contribution >= 4 is 17.8 Å². The first kappa shape index (κ1) is 40.3. The van der Waals surface area contributed by atoms with E-state index in [2.05, 4.69) is 58.5 Å². The van der Waals surface area contributed by atoms with E-state index in [1.54, 1.807) is 38.4 Å². The molecule has 0 spiro atoms. The summed E-state index contributed by atoms with van der Waals surface area (Å²) in [6, 6.07) is 20.1. The van der Waals surface area contributed by atoms with Gasteiger partial charge in [-0.3, -0.25) is 14.7 Å². The van der Waals surface area contributed by atoms with Gasteiger partial charge in [-0.2, -0.15) is 5.10 Å². The summed E-state index contributed by atoms with van der Waals surface area (Å²) in [6.45, 7) is 12.6. The highest BCUT2D eigenvalue weighted by atomic mass is 16.5. The lowest BCUT2D eigenvalue weighted by Gasteiger charge is -2.23. The molecule has 2 heterocycles. The molecule has 0 radical (unpaired) electrons. The SMILES string of the molecule is CCCCCCCOc1ccc(-c2cnc(-c3ccc(CC(NC(=O)c4ccc(C(C)(C)C)cc4)C(=O)NC(C(=O)O)c4c(C)n[nH]c4C)cc3)nc2)cc1. The van der Waals surface area contributed by atoms with E-state index in [-0.39, 0.29) is 11.8 Å². The van der Waals surface area contributed by atoms with Crippen LogP contribution in [-0.2, 0) is 21.4 Å². The van der Waals surface area contributed by atoms with E-state index in [1.807, 2.05) is 60.7 Å². The molecule has 2 atom stereocenters. The Labute approximate surface area is 323 Å². The summed E-state index contributed by atoms with van der Waals surface area (Å²) in [5.41, 5.74) is 6.10. The summed E-state index contributed by atoms with van der Waals surface area (Å²) >= 11 is 0. The maximum Gasteiger partial charge on any atom is 0.331 e. The van der Waals surface area contributed by atoms with Crippen LogP contribution in [0.3, 0.4) is 0 Å². The number of carboxylic acid groups (broad SMARTS) is 1. The van der Waals surface area contributed by atoms with Crippen molar-refractivity contribution in [3.8, 4) is 28.3 Å². The zero-order valence-corrected chi connectivity index (χ0v) is 32.6. The Morgan fingerprint density at radius 3 is 2.02 bits per heavy atom. The van der Waals surface area contributed by atoms with Gasteiger partial charge in [0, 0.05) is 46.8 Å². The summed E-state index contributed by atoms with van der Waals surface area (Å²) in [5.74, 6) is -0.954. The summed E-state index contributed by atoms with van der Waals surface area (Å²) in [7, 11) is 0. The zero-order valence-electron chi connectivity index (χ0n) is 32.6. The van der Waals surface area contributed by atoms with E-state index in [0.29, 0.717) is 34.9 Å². The number of aryl methyl sites for hydroxylation is 2. The molecule has 5 aromatic rings. The monoisotopic (exact) mass is 744 g/mol. The van der Waals surface area contributed by atoms with Crippen LogP contribution < -0.4 is 15.4 Å². The second kappa shape index (κ2) is 18.5. The minimum atomic E-state index is -1.37. The standard InChI is InChI=1S/C44H52N6O5/c1-7-8-9-10-11-24-55-36-22-18-31(19-23-36)34-26-45-40(46-27-34)32-14-12-30(13-15-32)25-37(47-41(51)33-16-20-35(21-17-33)44(4,5)6)42(52)48-39(43(53)54)38-28(2)49-50-29(38)3/h12-23,26-27,37,39H,7-11,24-25H2,1-6H3,(H,47,51)(H,48,52)(H,49,50)(H,53,54). The van der Waals surface area contributed by atoms with Gasteiger partial charge in [0.15, 0.2) is 11.9 Å². The molecule has 0 saturated heterocycles. The van der Waals surface area contributed by atoms with Gasteiger partial charge >= 0.3 is 5.97 Å². The van der Waals surface area contributed by atoms with Gasteiger partial charge in [-0.05, 0) is 66.6 Å². The first-order valence-corrected chi connectivity index (χ1v) is 18.9. The second-order valence-electron chi connectivity index (χ2n) is 15.0. The fraction of sp³-hybridized carbons (Fsp3) is 0.364. The predicted octanol–water partition coefficient (Wildman–Crippen LogP) is 8.08. The van der Waals surface area contributed by atoms with Crippen molar-refractivity contribution in [2.45, 2.75) is 97.6 Å². The summed E-state index contributed by atoms with van der Waals surface area (Å²) < 4.78 is 5.90. The van der Waals surface area contributed by atoms with Crippen molar-refractivity contribution in [1.29, 1.82) is 0 Å². The number of carbonyl (C=O) groups excluding carboxylic acids is 2. The van der Waals surface area contributed by atoms with Gasteiger partial charge in [-0.1, -0.05) is 102 Å². The Morgan fingerprint density at radius 1 is 0.800 bits per heavy atom. The Balaban J connectivity index is 1.28. The molecule has 0 saturated carbocycles. The van der Waals surface area contributed by atoms with Crippen molar-refractivity contribution in [2.75, 3.05) is 6.61 Å². The number of carbonyl (C=O) groups is 3. The molecular formula is C44H52N6O5. The van der Waals surface area contributed by atoms with E-state index < -0.39 is 29.9 Å². The highest BCUT2D eigenvalue weighted by molar-refractivity contribution is 5.98. The van der Waals surface area contributed by atoms with Crippen molar-refractivity contribution in [3.05, 3.63) is 119 Å². The zero-order chi connectivity index (χ0) is 39.5. The molecule has 0 bridgehead atoms. The second-order valence-corrected chi connectivity index (χ2v) is 15.0. The molecule has 2 unspecified atom stereocenters. The third-order valence-corrected chi connectivity index (χ3v) is 9.65. The first-order chi connectivity index (χ1) is 26.3. The number of hydrogen-bond acceptors (Lipinski definition) is 7. The molecular weight excluding hydrogens is 693 g/mol. The number of nitrogens with zero attached hydrogens (tertiary/aromatic N) is 3. The molecule has 0 fully saturated rings. The highest BCUT2D eigenvalue weighted by Gasteiger charge is 2.31. The average molecular weight is 745 g/mol. The maximum absolute atomic E-state index is 13.8. The van der Waals surface area contributed by atoms with Crippen LogP contribution in [0, 0.1) is 13.8 Å². The molecule has 4 N–H and O–H groups in total. The first-order valence-electron chi connectivity index (χ1n) is 18.9. The molecule has 11 heteroatoms. The minimum Gasteiger partial charge on any atom is -0.494 e. The van der Waals surface area contributed by atoms with Crippen LogP contribution in [0.4, 0.5) is 0 Å². The van der Waals surface area contributed by atoms with E-state index in [1.165, 1.54) is 25.7 Å². The lowest BCUT2D eigenvalue weighted by Crippen LogP contribution is -2.50. The predicted molar refractivity (Wildman–Crippen MR) is 214 cm³/mol. The number of nitrogens with one attached hydrogen (secondary N) is 3. The van der Waals surface area contributed by atoms with Gasteiger partial charge in [0.05, 0.1) is 12.3 Å². The van der Waals surface area contributed by atoms with E-state index in [4.69, 9.17) is 4.74 Å². The minimum absolute atomic E-state index is 0.0967. The average Bonchev–Trinajstić information content (AvgIpc) is 3.51. The number of H-pyrrole nitrogens is 1. The van der Waals surface area contributed by atoms with E-state index in [9.17, 15) is 19.5 Å². The number of benzene rings is 3. The Morgan fingerprint density at radius 2 is 1.44 bits per heavy atom. The van der Waals surface area contributed by atoms with Gasteiger partial charge in [0.1, 0.15) is 11.8 Å². The van der Waals surface area contributed by atoms with Gasteiger partial charge in [-0.25, -0.2) is 14.8 Å². The topological polar surface area (TPSA) is 159 Å². The van der Waals surface area contributed by atoms with Crippen molar-refractivity contribution in [1.82, 2.24) is 30.8 Å². The quantitative estimate of drug-likeness (QED) is 0.0696. The number of amides is 2. The Kier molecular flexibility index (Phi) is 13.5. The van der Waals surface area contributed by atoms with Crippen LogP contribution in [0.25, 0.3) is 22.5 Å². The lowest BCUT2D eigenvalue weighted by atomic mass is 9.86. The third kappa shape index (κ3) is 10.9. The summed E-state index contributed by atoms with van der Waals surface area (Å²) in [5, 5.41) is 22.5. The highest BCUT2D eigenvalue weighted by Crippen LogP contribution is 2.25. The van der Waals surface area contributed by atoms with E-state index in [0.717, 1.165) is 40.0 Å². The molecule has 5 rings (SSSR count). The molecule has 0 aliphatic heterocycles. The number of aliphatic carboxylic acids is 1. The fourth-order valence-corrected chi connectivity index (χ4v) is 6.35. The van der Waals surface area contributed by atoms with Gasteiger partial charge in [0.25, 0.3) is 5.91 Å². The van der Waals surface area contributed by atoms with Crippen LogP contribution >= 0.6 is 0 Å². The van der Waals surface area contributed by atoms with Gasteiger partial charge < -0.3 is 20.5 Å².